The standard InChI is InChI=1S/C22H27F2N3/c1-26-15-17-5-3-2-4-16(17)12-20(26)14-25-18-8-10-27(11-9-18)19-6-7-21(23)22(24)13-19/h2-7,13,18,20,25H,8-12,14-15H2,1H3. The van der Waals surface area contributed by atoms with Gasteiger partial charge in [-0.3, -0.25) is 4.90 Å². The Hall–Kier alpha value is -1.98. The zero-order chi connectivity index (χ0) is 18.8. The van der Waals surface area contributed by atoms with E-state index in [0.29, 0.717) is 12.1 Å². The van der Waals surface area contributed by atoms with Gasteiger partial charge in [0.1, 0.15) is 0 Å². The number of hydrogen-bond acceptors (Lipinski definition) is 3. The summed E-state index contributed by atoms with van der Waals surface area (Å²) in [5, 5.41) is 3.74. The van der Waals surface area contributed by atoms with Crippen LogP contribution in [-0.4, -0.2) is 43.7 Å². The summed E-state index contributed by atoms with van der Waals surface area (Å²) in [6.45, 7) is 3.73. The van der Waals surface area contributed by atoms with Crippen molar-refractivity contribution in [3.8, 4) is 0 Å². The van der Waals surface area contributed by atoms with E-state index in [9.17, 15) is 8.78 Å². The molecule has 144 valence electrons. The first kappa shape index (κ1) is 18.4. The van der Waals surface area contributed by atoms with Crippen LogP contribution in [0.1, 0.15) is 24.0 Å². The van der Waals surface area contributed by atoms with Gasteiger partial charge in [-0.25, -0.2) is 8.78 Å². The Bertz CT molecular complexity index is 787. The molecule has 0 spiro atoms. The first-order valence-corrected chi connectivity index (χ1v) is 9.80. The zero-order valence-electron chi connectivity index (χ0n) is 15.8. The first-order valence-electron chi connectivity index (χ1n) is 9.80. The van der Waals surface area contributed by atoms with Crippen LogP contribution in [0.5, 0.6) is 0 Å². The molecule has 0 amide bonds. The fourth-order valence-corrected chi connectivity index (χ4v) is 4.27. The van der Waals surface area contributed by atoms with Crippen molar-refractivity contribution in [1.82, 2.24) is 10.2 Å². The highest BCUT2D eigenvalue weighted by Gasteiger charge is 2.25. The fraction of sp³-hybridized carbons (Fsp3) is 0.455. The van der Waals surface area contributed by atoms with E-state index >= 15 is 0 Å². The van der Waals surface area contributed by atoms with Crippen molar-refractivity contribution in [3.63, 3.8) is 0 Å². The van der Waals surface area contributed by atoms with Crippen LogP contribution in [0, 0.1) is 11.6 Å². The van der Waals surface area contributed by atoms with E-state index in [4.69, 9.17) is 0 Å². The van der Waals surface area contributed by atoms with Crippen LogP contribution in [0.15, 0.2) is 42.5 Å². The van der Waals surface area contributed by atoms with E-state index in [1.54, 1.807) is 6.07 Å². The molecule has 2 aromatic rings. The van der Waals surface area contributed by atoms with Crippen molar-refractivity contribution < 1.29 is 8.78 Å². The van der Waals surface area contributed by atoms with Gasteiger partial charge in [0.2, 0.25) is 0 Å². The van der Waals surface area contributed by atoms with Gasteiger partial charge in [0.25, 0.3) is 0 Å². The van der Waals surface area contributed by atoms with Crippen molar-refractivity contribution in [2.75, 3.05) is 31.6 Å². The topological polar surface area (TPSA) is 18.5 Å². The molecule has 1 atom stereocenters. The summed E-state index contributed by atoms with van der Waals surface area (Å²) >= 11 is 0. The van der Waals surface area contributed by atoms with E-state index in [1.165, 1.54) is 23.3 Å². The Morgan fingerprint density at radius 1 is 1.00 bits per heavy atom. The fourth-order valence-electron chi connectivity index (χ4n) is 4.27. The lowest BCUT2D eigenvalue weighted by molar-refractivity contribution is 0.202. The molecule has 0 bridgehead atoms. The minimum atomic E-state index is -0.784. The first-order chi connectivity index (χ1) is 13.1. The number of nitrogens with one attached hydrogen (secondary N) is 1. The Labute approximate surface area is 160 Å². The summed E-state index contributed by atoms with van der Waals surface area (Å²) in [5.74, 6) is -1.55. The molecule has 1 N–H and O–H groups in total. The van der Waals surface area contributed by atoms with Gasteiger partial charge in [-0.2, -0.15) is 0 Å². The normalized spacial score (nSPS) is 21.3. The van der Waals surface area contributed by atoms with E-state index in [2.05, 4.69) is 46.4 Å². The quantitative estimate of drug-likeness (QED) is 0.886. The second kappa shape index (κ2) is 7.95. The lowest BCUT2D eigenvalue weighted by Crippen LogP contribution is -2.49. The molecule has 1 saturated heterocycles. The molecule has 0 saturated carbocycles. The SMILES string of the molecule is CN1Cc2ccccc2CC1CNC1CCN(c2ccc(F)c(F)c2)CC1. The second-order valence-corrected chi connectivity index (χ2v) is 7.81. The number of nitrogens with zero attached hydrogens (tertiary/aromatic N) is 2. The summed E-state index contributed by atoms with van der Waals surface area (Å²) in [4.78, 5) is 4.58. The summed E-state index contributed by atoms with van der Waals surface area (Å²) in [5.41, 5.74) is 3.68. The Balaban J connectivity index is 1.28. The monoisotopic (exact) mass is 371 g/mol. The summed E-state index contributed by atoms with van der Waals surface area (Å²) in [6.07, 6.45) is 3.13. The van der Waals surface area contributed by atoms with Gasteiger partial charge in [-0.1, -0.05) is 24.3 Å². The molecule has 2 aliphatic heterocycles. The largest absolute Gasteiger partial charge is 0.371 e. The Morgan fingerprint density at radius 2 is 1.74 bits per heavy atom. The molecule has 5 heteroatoms. The molecule has 0 aliphatic carbocycles. The third-order valence-corrected chi connectivity index (χ3v) is 6.02. The minimum Gasteiger partial charge on any atom is -0.371 e. The van der Waals surface area contributed by atoms with Crippen molar-refractivity contribution in [2.45, 2.75) is 37.9 Å². The van der Waals surface area contributed by atoms with Gasteiger partial charge in [0.05, 0.1) is 0 Å². The van der Waals surface area contributed by atoms with E-state index < -0.39 is 11.6 Å². The number of likely N-dealkylation sites (N-methyl/N-ethyl adjacent to an activating group) is 1. The molecule has 0 radical (unpaired) electrons. The maximum absolute atomic E-state index is 13.5. The van der Waals surface area contributed by atoms with Crippen LogP contribution >= 0.6 is 0 Å². The number of rotatable bonds is 4. The average Bonchev–Trinajstić information content (AvgIpc) is 2.69. The molecule has 1 fully saturated rings. The van der Waals surface area contributed by atoms with Gasteiger partial charge in [-0.05, 0) is 49.6 Å². The third kappa shape index (κ3) is 4.14. The van der Waals surface area contributed by atoms with Crippen molar-refractivity contribution in [3.05, 3.63) is 65.2 Å². The van der Waals surface area contributed by atoms with Crippen LogP contribution in [0.2, 0.25) is 0 Å². The van der Waals surface area contributed by atoms with Crippen LogP contribution in [0.3, 0.4) is 0 Å². The smallest absolute Gasteiger partial charge is 0.160 e. The number of piperidine rings is 1. The van der Waals surface area contributed by atoms with Gasteiger partial charge in [0, 0.05) is 50.0 Å². The number of hydrogen-bond donors (Lipinski definition) is 1. The Kier molecular flexibility index (Phi) is 5.41. The van der Waals surface area contributed by atoms with Crippen LogP contribution in [-0.2, 0) is 13.0 Å². The van der Waals surface area contributed by atoms with Gasteiger partial charge in [0.15, 0.2) is 11.6 Å². The maximum atomic E-state index is 13.5. The third-order valence-electron chi connectivity index (χ3n) is 6.02. The molecule has 4 rings (SSSR count). The average molecular weight is 371 g/mol. The maximum Gasteiger partial charge on any atom is 0.160 e. The number of benzene rings is 2. The van der Waals surface area contributed by atoms with Gasteiger partial charge in [-0.15, -0.1) is 0 Å². The molecule has 2 aliphatic rings. The van der Waals surface area contributed by atoms with E-state index in [-0.39, 0.29) is 0 Å². The molecular formula is C22H27F2N3. The van der Waals surface area contributed by atoms with Crippen LogP contribution in [0.4, 0.5) is 14.5 Å². The van der Waals surface area contributed by atoms with E-state index in [1.807, 2.05) is 0 Å². The summed E-state index contributed by atoms with van der Waals surface area (Å²) < 4.78 is 26.6. The van der Waals surface area contributed by atoms with Crippen LogP contribution in [0.25, 0.3) is 0 Å². The molecule has 27 heavy (non-hydrogen) atoms. The highest BCUT2D eigenvalue weighted by atomic mass is 19.2. The van der Waals surface area contributed by atoms with Crippen molar-refractivity contribution in [2.24, 2.45) is 0 Å². The van der Waals surface area contributed by atoms with E-state index in [0.717, 1.165) is 51.1 Å². The number of anilines is 1. The van der Waals surface area contributed by atoms with Gasteiger partial charge < -0.3 is 10.2 Å². The lowest BCUT2D eigenvalue weighted by atomic mass is 9.94. The molecule has 2 aromatic carbocycles. The molecule has 1 unspecified atom stereocenters. The second-order valence-electron chi connectivity index (χ2n) is 7.81. The minimum absolute atomic E-state index is 0.483. The van der Waals surface area contributed by atoms with Gasteiger partial charge >= 0.3 is 0 Å². The van der Waals surface area contributed by atoms with Crippen molar-refractivity contribution >= 4 is 5.69 Å². The van der Waals surface area contributed by atoms with Crippen LogP contribution < -0.4 is 10.2 Å². The predicted molar refractivity (Wildman–Crippen MR) is 105 cm³/mol. The molecule has 3 nitrogen and oxygen atoms in total. The summed E-state index contributed by atoms with van der Waals surface area (Å²) in [7, 11) is 2.20. The summed E-state index contributed by atoms with van der Waals surface area (Å²) in [6, 6.07) is 13.9. The molecule has 0 aromatic heterocycles. The molecular weight excluding hydrogens is 344 g/mol. The highest BCUT2D eigenvalue weighted by molar-refractivity contribution is 5.47. The number of fused-ring (bicyclic) bond motifs is 1. The zero-order valence-corrected chi connectivity index (χ0v) is 15.8. The predicted octanol–water partition coefficient (Wildman–Crippen LogP) is 3.58. The van der Waals surface area contributed by atoms with Crippen molar-refractivity contribution in [1.29, 1.82) is 0 Å². The Morgan fingerprint density at radius 3 is 2.48 bits per heavy atom. The molecule has 2 heterocycles. The number of halogens is 2. The highest BCUT2D eigenvalue weighted by Crippen LogP contribution is 2.24. The lowest BCUT2D eigenvalue weighted by Gasteiger charge is -2.37.